The maximum absolute atomic E-state index is 9.72. The van der Waals surface area contributed by atoms with Gasteiger partial charge in [0.05, 0.1) is 6.61 Å². The first-order valence-electron chi connectivity index (χ1n) is 2.24. The topological polar surface area (TPSA) is 66.4 Å². The smallest absolute Gasteiger partial charge is 0.303 e. The molecule has 0 amide bonds. The summed E-state index contributed by atoms with van der Waals surface area (Å²) in [6.07, 6.45) is 0.293. The highest BCUT2D eigenvalue weighted by atomic mass is 17.1. The Morgan fingerprint density at radius 2 is 2.25 bits per heavy atom. The average molecular weight is 119 g/mol. The fourth-order valence-corrected chi connectivity index (χ4v) is 0.282. The Kier molecular flexibility index (Phi) is 4.20. The third kappa shape index (κ3) is 5.39. The van der Waals surface area contributed by atoms with Crippen LogP contribution < -0.4 is 0 Å². The van der Waals surface area contributed by atoms with Crippen LogP contribution in [-0.2, 0) is 14.9 Å². The van der Waals surface area contributed by atoms with Crippen molar-refractivity contribution in [1.82, 2.24) is 0 Å². The van der Waals surface area contributed by atoms with Crippen molar-refractivity contribution >= 4 is 5.97 Å². The van der Waals surface area contributed by atoms with Gasteiger partial charge < -0.3 is 5.11 Å². The Morgan fingerprint density at radius 3 is 2.62 bits per heavy atom. The Labute approximate surface area is 46.6 Å². The SMILES string of the molecule is [O]OCCCC(=O)O. The molecule has 4 nitrogen and oxygen atoms in total. The van der Waals surface area contributed by atoms with E-state index in [4.69, 9.17) is 5.11 Å². The minimum atomic E-state index is -0.901. The normalized spacial score (nSPS) is 9.12. The van der Waals surface area contributed by atoms with E-state index in [0.29, 0.717) is 6.42 Å². The maximum Gasteiger partial charge on any atom is 0.303 e. The third-order valence-electron chi connectivity index (χ3n) is 0.618. The van der Waals surface area contributed by atoms with Gasteiger partial charge in [-0.25, -0.2) is 4.89 Å². The second kappa shape index (κ2) is 4.55. The molecule has 0 atom stereocenters. The lowest BCUT2D eigenvalue weighted by Crippen LogP contribution is -1.96. The van der Waals surface area contributed by atoms with E-state index in [9.17, 15) is 10.1 Å². The largest absolute Gasteiger partial charge is 0.481 e. The van der Waals surface area contributed by atoms with Crippen molar-refractivity contribution < 1.29 is 20.0 Å². The van der Waals surface area contributed by atoms with Gasteiger partial charge >= 0.3 is 5.97 Å². The maximum atomic E-state index is 9.72. The van der Waals surface area contributed by atoms with E-state index in [0.717, 1.165) is 0 Å². The van der Waals surface area contributed by atoms with E-state index in [1.165, 1.54) is 0 Å². The Morgan fingerprint density at radius 1 is 1.62 bits per heavy atom. The van der Waals surface area contributed by atoms with E-state index >= 15 is 0 Å². The molecule has 0 bridgehead atoms. The lowest BCUT2D eigenvalue weighted by molar-refractivity contribution is -0.303. The molecule has 0 aliphatic rings. The zero-order valence-electron chi connectivity index (χ0n) is 4.29. The summed E-state index contributed by atoms with van der Waals surface area (Å²) in [6.45, 7) is -0.0215. The molecule has 0 saturated heterocycles. The Balaban J connectivity index is 2.82. The van der Waals surface area contributed by atoms with Crippen molar-refractivity contribution in [2.45, 2.75) is 12.8 Å². The van der Waals surface area contributed by atoms with Gasteiger partial charge in [0.15, 0.2) is 0 Å². The van der Waals surface area contributed by atoms with Crippen LogP contribution in [0.2, 0.25) is 0 Å². The summed E-state index contributed by atoms with van der Waals surface area (Å²) >= 11 is 0. The van der Waals surface area contributed by atoms with Gasteiger partial charge in [0.1, 0.15) is 0 Å². The van der Waals surface area contributed by atoms with Gasteiger partial charge in [0, 0.05) is 6.42 Å². The minimum absolute atomic E-state index is 0.00222. The molecule has 0 spiro atoms. The number of rotatable bonds is 4. The summed E-state index contributed by atoms with van der Waals surface area (Å²) < 4.78 is 0. The molecular formula is C4H7O4. The van der Waals surface area contributed by atoms with E-state index < -0.39 is 5.97 Å². The van der Waals surface area contributed by atoms with Gasteiger partial charge in [-0.15, -0.1) is 0 Å². The quantitative estimate of drug-likeness (QED) is 0.327. The summed E-state index contributed by atoms with van der Waals surface area (Å²) in [4.78, 5) is 13.1. The van der Waals surface area contributed by atoms with E-state index in [-0.39, 0.29) is 13.0 Å². The number of carboxylic acids is 1. The van der Waals surface area contributed by atoms with Crippen molar-refractivity contribution in [2.24, 2.45) is 0 Å². The summed E-state index contributed by atoms with van der Waals surface area (Å²) in [5.41, 5.74) is 0. The van der Waals surface area contributed by atoms with Crippen LogP contribution in [-0.4, -0.2) is 17.7 Å². The van der Waals surface area contributed by atoms with Gasteiger partial charge in [0.2, 0.25) is 0 Å². The summed E-state index contributed by atoms with van der Waals surface area (Å²) in [7, 11) is 0. The standard InChI is InChI=1S/C4H7O4/c5-4(6)2-1-3-8-7/h1-3H2,(H,5,6). The molecule has 1 radical (unpaired) electrons. The van der Waals surface area contributed by atoms with Crippen LogP contribution in [0.5, 0.6) is 0 Å². The molecule has 0 aliphatic carbocycles. The summed E-state index contributed by atoms with van der Waals surface area (Å²) in [5, 5.41) is 17.2. The van der Waals surface area contributed by atoms with Crippen LogP contribution in [0.4, 0.5) is 0 Å². The average Bonchev–Trinajstić information content (AvgIpc) is 1.66. The molecule has 8 heavy (non-hydrogen) atoms. The van der Waals surface area contributed by atoms with Gasteiger partial charge in [-0.2, -0.15) is 0 Å². The number of carboxylic acid groups (broad SMARTS) is 1. The summed E-state index contributed by atoms with van der Waals surface area (Å²) in [5.74, 6) is -0.901. The highest BCUT2D eigenvalue weighted by molar-refractivity contribution is 5.66. The van der Waals surface area contributed by atoms with Crippen LogP contribution in [0.3, 0.4) is 0 Å². The van der Waals surface area contributed by atoms with Crippen LogP contribution >= 0.6 is 0 Å². The molecule has 0 fully saturated rings. The van der Waals surface area contributed by atoms with Gasteiger partial charge in [-0.1, -0.05) is 0 Å². The van der Waals surface area contributed by atoms with Crippen molar-refractivity contribution in [3.05, 3.63) is 0 Å². The second-order valence-electron chi connectivity index (χ2n) is 1.32. The fraction of sp³-hybridized carbons (Fsp3) is 0.750. The number of hydrogen-bond acceptors (Lipinski definition) is 2. The molecule has 0 saturated carbocycles. The first-order chi connectivity index (χ1) is 3.77. The van der Waals surface area contributed by atoms with Crippen LogP contribution in [0.1, 0.15) is 12.8 Å². The van der Waals surface area contributed by atoms with Gasteiger partial charge in [-0.3, -0.25) is 4.79 Å². The molecular weight excluding hydrogens is 112 g/mol. The Bertz CT molecular complexity index is 70.4. The van der Waals surface area contributed by atoms with E-state index in [2.05, 4.69) is 4.89 Å². The van der Waals surface area contributed by atoms with Crippen molar-refractivity contribution in [2.75, 3.05) is 6.61 Å². The van der Waals surface area contributed by atoms with Crippen LogP contribution in [0, 0.1) is 0 Å². The lowest BCUT2D eigenvalue weighted by atomic mass is 10.3. The van der Waals surface area contributed by atoms with Crippen molar-refractivity contribution in [3.8, 4) is 0 Å². The van der Waals surface area contributed by atoms with Crippen molar-refractivity contribution in [3.63, 3.8) is 0 Å². The van der Waals surface area contributed by atoms with Crippen LogP contribution in [0.25, 0.3) is 0 Å². The van der Waals surface area contributed by atoms with Gasteiger partial charge in [-0.05, 0) is 11.7 Å². The van der Waals surface area contributed by atoms with E-state index in [1.807, 2.05) is 0 Å². The molecule has 4 heteroatoms. The highest BCUT2D eigenvalue weighted by Crippen LogP contribution is 1.87. The molecule has 0 heterocycles. The summed E-state index contributed by atoms with van der Waals surface area (Å²) in [6, 6.07) is 0. The van der Waals surface area contributed by atoms with Crippen molar-refractivity contribution in [1.29, 1.82) is 0 Å². The fourth-order valence-electron chi connectivity index (χ4n) is 0.282. The number of carbonyl (C=O) groups is 1. The molecule has 0 unspecified atom stereocenters. The van der Waals surface area contributed by atoms with Crippen LogP contribution in [0.15, 0.2) is 0 Å². The zero-order chi connectivity index (χ0) is 6.41. The number of aliphatic carboxylic acids is 1. The predicted molar refractivity (Wildman–Crippen MR) is 23.5 cm³/mol. The molecule has 47 valence electrons. The third-order valence-corrected chi connectivity index (χ3v) is 0.618. The predicted octanol–water partition coefficient (Wildman–Crippen LogP) is 0.213. The molecule has 0 aromatic carbocycles. The first-order valence-corrected chi connectivity index (χ1v) is 2.24. The minimum Gasteiger partial charge on any atom is -0.481 e. The first kappa shape index (κ1) is 7.39. The lowest BCUT2D eigenvalue weighted by Gasteiger charge is -1.88. The molecule has 0 aliphatic heterocycles. The highest BCUT2D eigenvalue weighted by Gasteiger charge is 1.94. The van der Waals surface area contributed by atoms with Gasteiger partial charge in [0.25, 0.3) is 0 Å². The van der Waals surface area contributed by atoms with E-state index in [1.54, 1.807) is 0 Å². The molecule has 1 N–H and O–H groups in total. The monoisotopic (exact) mass is 119 g/mol. The molecule has 0 rings (SSSR count). The number of hydrogen-bond donors (Lipinski definition) is 1. The zero-order valence-corrected chi connectivity index (χ0v) is 4.29. The molecule has 0 aromatic heterocycles. The second-order valence-corrected chi connectivity index (χ2v) is 1.32. The molecule has 0 aromatic rings. The Hall–Kier alpha value is -0.610.